The molecule has 0 aliphatic carbocycles. The van der Waals surface area contributed by atoms with Crippen LogP contribution in [0, 0.1) is 13.8 Å². The van der Waals surface area contributed by atoms with Gasteiger partial charge in [-0.15, -0.1) is 0 Å². The van der Waals surface area contributed by atoms with Gasteiger partial charge in [-0.1, -0.05) is 0 Å². The molecule has 1 aromatic rings. The third kappa shape index (κ3) is 5.88. The molecule has 0 aliphatic heterocycles. The summed E-state index contributed by atoms with van der Waals surface area (Å²) < 4.78 is 29.8. The van der Waals surface area contributed by atoms with Crippen LogP contribution in [0.25, 0.3) is 0 Å². The fraction of sp³-hybridized carbons (Fsp3) is 0.455. The van der Waals surface area contributed by atoms with Crippen LogP contribution < -0.4 is 5.73 Å². The molecule has 1 rings (SSSR count). The summed E-state index contributed by atoms with van der Waals surface area (Å²) in [7, 11) is -3.85. The van der Waals surface area contributed by atoms with Crippen molar-refractivity contribution in [3.05, 3.63) is 28.8 Å². The maximum absolute atomic E-state index is 10.6. The zero-order chi connectivity index (χ0) is 12.3. The number of aryl methyl sites for hydroxylation is 2. The van der Waals surface area contributed by atoms with Crippen LogP contribution in [0.5, 0.6) is 0 Å². The fourth-order valence-corrected chi connectivity index (χ4v) is 2.36. The van der Waals surface area contributed by atoms with Gasteiger partial charge >= 0.3 is 29.6 Å². The van der Waals surface area contributed by atoms with Gasteiger partial charge < -0.3 is 5.73 Å². The minimum absolute atomic E-state index is 0. The van der Waals surface area contributed by atoms with Crippen molar-refractivity contribution in [2.24, 2.45) is 0 Å². The van der Waals surface area contributed by atoms with Gasteiger partial charge in [0.05, 0.1) is 5.75 Å². The zero-order valence-electron chi connectivity index (χ0n) is 9.53. The number of anilines is 1. The van der Waals surface area contributed by atoms with E-state index >= 15 is 0 Å². The normalized spacial score (nSPS) is 11.0. The average molecular weight is 267 g/mol. The summed E-state index contributed by atoms with van der Waals surface area (Å²) >= 11 is 0. The van der Waals surface area contributed by atoms with Crippen molar-refractivity contribution in [1.29, 1.82) is 0 Å². The molecule has 0 saturated heterocycles. The second-order valence-electron chi connectivity index (χ2n) is 4.02. The summed E-state index contributed by atoms with van der Waals surface area (Å²) in [4.78, 5) is 0. The molecule has 6 heteroatoms. The molecule has 0 heterocycles. The van der Waals surface area contributed by atoms with Crippen LogP contribution in [-0.2, 0) is 16.5 Å². The molecule has 0 unspecified atom stereocenters. The molecule has 17 heavy (non-hydrogen) atoms. The van der Waals surface area contributed by atoms with Crippen LogP contribution >= 0.6 is 0 Å². The molecule has 0 atom stereocenters. The Labute approximate surface area is 125 Å². The molecule has 3 N–H and O–H groups in total. The van der Waals surface area contributed by atoms with Gasteiger partial charge in [0, 0.05) is 5.69 Å². The number of benzene rings is 1. The molecule has 0 saturated carbocycles. The summed E-state index contributed by atoms with van der Waals surface area (Å²) in [5.41, 5.74) is 9.64. The van der Waals surface area contributed by atoms with Crippen molar-refractivity contribution < 1.29 is 13.0 Å². The first-order valence-corrected chi connectivity index (χ1v) is 6.71. The summed E-state index contributed by atoms with van der Waals surface area (Å²) in [6.07, 6.45) is 1.06. The Morgan fingerprint density at radius 3 is 2.12 bits per heavy atom. The van der Waals surface area contributed by atoms with Crippen LogP contribution in [0.15, 0.2) is 12.1 Å². The molecule has 0 fully saturated rings. The number of hydrogen-bond donors (Lipinski definition) is 2. The van der Waals surface area contributed by atoms with Gasteiger partial charge in [-0.25, -0.2) is 0 Å². The molecular formula is C11H18NNaO3S. The minimum atomic E-state index is -3.85. The molecule has 0 aromatic heterocycles. The molecule has 4 nitrogen and oxygen atoms in total. The number of hydrogen-bond acceptors (Lipinski definition) is 3. The summed E-state index contributed by atoms with van der Waals surface area (Å²) in [6.45, 7) is 3.90. The van der Waals surface area contributed by atoms with Crippen LogP contribution in [0.3, 0.4) is 0 Å². The predicted octanol–water partition coefficient (Wildman–Crippen LogP) is 1.06. The maximum atomic E-state index is 10.6. The van der Waals surface area contributed by atoms with E-state index in [4.69, 9.17) is 10.3 Å². The van der Waals surface area contributed by atoms with Gasteiger partial charge in [0.2, 0.25) is 0 Å². The predicted molar refractivity (Wildman–Crippen MR) is 72.2 cm³/mol. The molecule has 0 amide bonds. The third-order valence-electron chi connectivity index (χ3n) is 2.55. The van der Waals surface area contributed by atoms with Crippen molar-refractivity contribution in [2.75, 3.05) is 11.5 Å². The van der Waals surface area contributed by atoms with Crippen LogP contribution in [0.4, 0.5) is 5.69 Å². The third-order valence-corrected chi connectivity index (χ3v) is 3.35. The van der Waals surface area contributed by atoms with Crippen LogP contribution in [-0.4, -0.2) is 48.3 Å². The Hall–Kier alpha value is -0.0700. The van der Waals surface area contributed by atoms with Crippen LogP contribution in [0.1, 0.15) is 23.1 Å². The second kappa shape index (κ2) is 6.75. The van der Waals surface area contributed by atoms with Gasteiger partial charge in [0.15, 0.2) is 0 Å². The summed E-state index contributed by atoms with van der Waals surface area (Å²) in [6, 6.07) is 3.74. The van der Waals surface area contributed by atoms with E-state index in [-0.39, 0.29) is 35.3 Å². The van der Waals surface area contributed by atoms with E-state index < -0.39 is 10.1 Å². The molecule has 0 spiro atoms. The van der Waals surface area contributed by atoms with E-state index in [0.29, 0.717) is 18.5 Å². The summed E-state index contributed by atoms with van der Waals surface area (Å²) in [5.74, 6) is -0.198. The second-order valence-corrected chi connectivity index (χ2v) is 5.59. The van der Waals surface area contributed by atoms with Crippen molar-refractivity contribution >= 4 is 45.4 Å². The summed E-state index contributed by atoms with van der Waals surface area (Å²) in [5, 5.41) is 0. The Balaban J connectivity index is 0.00000256. The van der Waals surface area contributed by atoms with E-state index in [9.17, 15) is 8.42 Å². The van der Waals surface area contributed by atoms with Crippen LogP contribution in [0.2, 0.25) is 0 Å². The first-order valence-electron chi connectivity index (χ1n) is 5.10. The first kappa shape index (κ1) is 16.9. The van der Waals surface area contributed by atoms with Crippen molar-refractivity contribution in [2.45, 2.75) is 26.7 Å². The van der Waals surface area contributed by atoms with E-state index in [0.717, 1.165) is 16.7 Å². The zero-order valence-corrected chi connectivity index (χ0v) is 10.3. The standard InChI is InChI=1S/C11H17NO3S.Na.H/c1-8-6-10(12)7-9(2)11(8)4-3-5-16(13,14)15;;/h6-7H,3-5,12H2,1-2H3,(H,13,14,15);;. The molecule has 1 aromatic carbocycles. The van der Waals surface area contributed by atoms with Crippen molar-refractivity contribution in [3.8, 4) is 0 Å². The Kier molecular flexibility index (Phi) is 6.73. The van der Waals surface area contributed by atoms with E-state index in [1.54, 1.807) is 0 Å². The number of rotatable bonds is 4. The van der Waals surface area contributed by atoms with E-state index in [2.05, 4.69) is 0 Å². The van der Waals surface area contributed by atoms with Gasteiger partial charge in [0.25, 0.3) is 10.1 Å². The molecule has 92 valence electrons. The average Bonchev–Trinajstić information content (AvgIpc) is 2.07. The van der Waals surface area contributed by atoms with E-state index in [1.807, 2.05) is 26.0 Å². The van der Waals surface area contributed by atoms with Gasteiger partial charge in [-0.05, 0) is 55.5 Å². The fourth-order valence-electron chi connectivity index (χ4n) is 1.85. The van der Waals surface area contributed by atoms with E-state index in [1.165, 1.54) is 0 Å². The SMILES string of the molecule is Cc1cc(N)cc(C)c1CCCS(=O)(=O)O.[NaH]. The monoisotopic (exact) mass is 267 g/mol. The Bertz CT molecular complexity index is 462. The molecule has 0 aliphatic rings. The first-order chi connectivity index (χ1) is 7.29. The van der Waals surface area contributed by atoms with Gasteiger partial charge in [0.1, 0.15) is 0 Å². The Morgan fingerprint density at radius 2 is 1.71 bits per heavy atom. The molecular weight excluding hydrogens is 249 g/mol. The van der Waals surface area contributed by atoms with Gasteiger partial charge in [-0.3, -0.25) is 4.55 Å². The molecule has 0 radical (unpaired) electrons. The van der Waals surface area contributed by atoms with Crippen molar-refractivity contribution in [3.63, 3.8) is 0 Å². The van der Waals surface area contributed by atoms with Crippen molar-refractivity contribution in [1.82, 2.24) is 0 Å². The quantitative estimate of drug-likeness (QED) is 0.485. The Morgan fingerprint density at radius 1 is 1.24 bits per heavy atom. The molecule has 0 bridgehead atoms. The number of nitrogens with two attached hydrogens (primary N) is 1. The number of nitrogen functional groups attached to an aromatic ring is 1. The van der Waals surface area contributed by atoms with Gasteiger partial charge in [-0.2, -0.15) is 8.42 Å². The topological polar surface area (TPSA) is 80.4 Å².